The smallest absolute Gasteiger partial charge is 0.436 e. The summed E-state index contributed by atoms with van der Waals surface area (Å²) in [6.07, 6.45) is -4.25. The number of carboxylic acids is 1. The van der Waals surface area contributed by atoms with Crippen molar-refractivity contribution in [1.29, 1.82) is 0 Å². The Bertz CT molecular complexity index is 1550. The first-order chi connectivity index (χ1) is 15.9. The number of carboxylic acid groups (broad SMARTS) is 1. The summed E-state index contributed by atoms with van der Waals surface area (Å²) < 4.78 is 83.1. The molecule has 0 bridgehead atoms. The Labute approximate surface area is 190 Å². The van der Waals surface area contributed by atoms with E-state index in [0.29, 0.717) is 5.39 Å². The van der Waals surface area contributed by atoms with Crippen molar-refractivity contribution in [3.63, 3.8) is 0 Å². The third kappa shape index (κ3) is 4.19. The van der Waals surface area contributed by atoms with E-state index in [0.717, 1.165) is 36.1 Å². The van der Waals surface area contributed by atoms with Crippen LogP contribution in [0.3, 0.4) is 0 Å². The summed E-state index contributed by atoms with van der Waals surface area (Å²) in [7, 11) is -3.54. The van der Waals surface area contributed by atoms with Gasteiger partial charge in [-0.3, -0.25) is 9.40 Å². The van der Waals surface area contributed by atoms with Crippen LogP contribution in [0.1, 0.15) is 16.1 Å². The molecule has 0 fully saturated rings. The molecule has 0 aliphatic heterocycles. The quantitative estimate of drug-likeness (QED) is 0.385. The van der Waals surface area contributed by atoms with E-state index in [1.807, 2.05) is 0 Å². The van der Waals surface area contributed by atoms with Crippen LogP contribution in [0.15, 0.2) is 65.7 Å². The van der Waals surface area contributed by atoms with Gasteiger partial charge >= 0.3 is 12.1 Å². The monoisotopic (exact) mass is 493 g/mol. The Morgan fingerprint density at radius 1 is 1.03 bits per heavy atom. The van der Waals surface area contributed by atoms with Crippen molar-refractivity contribution in [2.45, 2.75) is 11.1 Å². The Balaban J connectivity index is 1.85. The van der Waals surface area contributed by atoms with Gasteiger partial charge < -0.3 is 5.11 Å². The van der Waals surface area contributed by atoms with Gasteiger partial charge in [-0.15, -0.1) is 0 Å². The zero-order chi connectivity index (χ0) is 24.8. The van der Waals surface area contributed by atoms with Crippen molar-refractivity contribution < 1.29 is 35.9 Å². The van der Waals surface area contributed by atoms with Crippen LogP contribution in [-0.4, -0.2) is 29.3 Å². The number of aromatic nitrogens is 2. The van der Waals surface area contributed by atoms with Crippen LogP contribution in [0.25, 0.3) is 21.9 Å². The molecule has 4 aromatic rings. The lowest BCUT2D eigenvalue weighted by atomic mass is 9.95. The summed E-state index contributed by atoms with van der Waals surface area (Å²) in [4.78, 5) is 10.3. The second-order valence-corrected chi connectivity index (χ2v) is 8.98. The van der Waals surface area contributed by atoms with E-state index >= 15 is 0 Å². The number of alkyl halides is 3. The van der Waals surface area contributed by atoms with Gasteiger partial charge in [-0.05, 0) is 35.2 Å². The third-order valence-electron chi connectivity index (χ3n) is 5.03. The van der Waals surface area contributed by atoms with Gasteiger partial charge in [-0.1, -0.05) is 30.3 Å². The number of nitrogens with one attached hydrogen (secondary N) is 1. The van der Waals surface area contributed by atoms with Crippen LogP contribution >= 0.6 is 0 Å². The maximum atomic E-state index is 14.6. The molecule has 0 aliphatic rings. The van der Waals surface area contributed by atoms with Gasteiger partial charge in [0.25, 0.3) is 10.0 Å². The van der Waals surface area contributed by atoms with Gasteiger partial charge in [0.05, 0.1) is 11.3 Å². The molecular weight excluding hydrogens is 478 g/mol. The molecule has 0 spiro atoms. The molecule has 1 heterocycles. The topological polar surface area (TPSA) is 101 Å². The highest BCUT2D eigenvalue weighted by Crippen LogP contribution is 2.37. The molecule has 0 saturated heterocycles. The molecule has 1 aromatic heterocycles. The van der Waals surface area contributed by atoms with Gasteiger partial charge in [0.15, 0.2) is 5.69 Å². The fourth-order valence-electron chi connectivity index (χ4n) is 3.55. The van der Waals surface area contributed by atoms with Gasteiger partial charge in [-0.25, -0.2) is 17.6 Å². The number of carbonyl (C=O) groups is 1. The zero-order valence-electron chi connectivity index (χ0n) is 17.3. The Morgan fingerprint density at radius 3 is 2.35 bits per heavy atom. The zero-order valence-corrected chi connectivity index (χ0v) is 18.1. The van der Waals surface area contributed by atoms with Gasteiger partial charge in [0.1, 0.15) is 10.7 Å². The van der Waals surface area contributed by atoms with Crippen LogP contribution in [0.5, 0.6) is 0 Å². The highest BCUT2D eigenvalue weighted by Gasteiger charge is 2.41. The van der Waals surface area contributed by atoms with E-state index in [1.165, 1.54) is 18.2 Å². The van der Waals surface area contributed by atoms with Crippen molar-refractivity contribution in [1.82, 2.24) is 9.78 Å². The molecule has 0 radical (unpaired) electrons. The number of benzene rings is 3. The molecule has 2 N–H and O–H groups in total. The van der Waals surface area contributed by atoms with Crippen molar-refractivity contribution in [3.05, 3.63) is 77.9 Å². The predicted molar refractivity (Wildman–Crippen MR) is 115 cm³/mol. The second-order valence-electron chi connectivity index (χ2n) is 7.32. The number of sulfonamides is 1. The number of hydrogen-bond acceptors (Lipinski definition) is 4. The fraction of sp³-hybridized carbons (Fsp3) is 0.0909. The molecule has 4 rings (SSSR count). The fourth-order valence-corrected chi connectivity index (χ4v) is 4.83. The predicted octanol–water partition coefficient (Wildman–Crippen LogP) is 4.90. The molecule has 34 heavy (non-hydrogen) atoms. The first-order valence-corrected chi connectivity index (χ1v) is 11.1. The highest BCUT2D eigenvalue weighted by molar-refractivity contribution is 7.92. The van der Waals surface area contributed by atoms with Crippen LogP contribution in [-0.2, 0) is 23.2 Å². The number of aromatic carboxylic acids is 1. The number of hydrogen-bond donors (Lipinski definition) is 2. The van der Waals surface area contributed by atoms with Gasteiger partial charge in [0, 0.05) is 24.2 Å². The molecule has 3 aromatic carbocycles. The van der Waals surface area contributed by atoms with E-state index in [1.54, 1.807) is 18.2 Å². The minimum absolute atomic E-state index is 0.0304. The Hall–Kier alpha value is -3.93. The SMILES string of the molecule is Cn1cc(S(=O)(=O)Nc2ccc(-c3cc(C(=O)O)ccc3F)c3ccccc23)c(C(F)(F)F)n1. The summed E-state index contributed by atoms with van der Waals surface area (Å²) in [5, 5.41) is 13.1. The summed E-state index contributed by atoms with van der Waals surface area (Å²) in [6, 6.07) is 12.1. The van der Waals surface area contributed by atoms with Crippen molar-refractivity contribution in [2.75, 3.05) is 4.72 Å². The molecule has 7 nitrogen and oxygen atoms in total. The molecule has 0 saturated carbocycles. The summed E-state index contributed by atoms with van der Waals surface area (Å²) in [5.41, 5.74) is -1.52. The number of rotatable bonds is 5. The Kier molecular flexibility index (Phi) is 5.56. The average molecular weight is 493 g/mol. The molecule has 0 amide bonds. The number of halogens is 4. The number of nitrogens with zero attached hydrogens (tertiary/aromatic N) is 2. The normalized spacial score (nSPS) is 12.1. The summed E-state index contributed by atoms with van der Waals surface area (Å²) in [6.45, 7) is 0. The van der Waals surface area contributed by atoms with Gasteiger partial charge in [-0.2, -0.15) is 18.3 Å². The second kappa shape index (κ2) is 8.13. The number of aryl methyl sites for hydroxylation is 1. The first kappa shape index (κ1) is 23.2. The van der Waals surface area contributed by atoms with E-state index < -0.39 is 38.6 Å². The lowest BCUT2D eigenvalue weighted by molar-refractivity contribution is -0.143. The molecule has 0 unspecified atom stereocenters. The van der Waals surface area contributed by atoms with Crippen molar-refractivity contribution in [3.8, 4) is 11.1 Å². The average Bonchev–Trinajstić information content (AvgIpc) is 3.18. The molecule has 0 atom stereocenters. The minimum atomic E-state index is -5.00. The van der Waals surface area contributed by atoms with Crippen LogP contribution in [0.2, 0.25) is 0 Å². The summed E-state index contributed by atoms with van der Waals surface area (Å²) in [5.74, 6) is -1.96. The number of anilines is 1. The van der Waals surface area contributed by atoms with Crippen LogP contribution in [0, 0.1) is 5.82 Å². The van der Waals surface area contributed by atoms with Crippen LogP contribution < -0.4 is 4.72 Å². The van der Waals surface area contributed by atoms with Crippen molar-refractivity contribution in [2.24, 2.45) is 7.05 Å². The van der Waals surface area contributed by atoms with Gasteiger partial charge in [0.2, 0.25) is 0 Å². The van der Waals surface area contributed by atoms with E-state index in [9.17, 15) is 35.9 Å². The Morgan fingerprint density at radius 2 is 1.71 bits per heavy atom. The van der Waals surface area contributed by atoms with Crippen LogP contribution in [0.4, 0.5) is 23.2 Å². The molecular formula is C22H15F4N3O4S. The first-order valence-electron chi connectivity index (χ1n) is 9.57. The van der Waals surface area contributed by atoms with E-state index in [4.69, 9.17) is 0 Å². The maximum absolute atomic E-state index is 14.6. The van der Waals surface area contributed by atoms with E-state index in [2.05, 4.69) is 9.82 Å². The molecule has 12 heteroatoms. The number of fused-ring (bicyclic) bond motifs is 1. The van der Waals surface area contributed by atoms with E-state index in [-0.39, 0.29) is 27.8 Å². The third-order valence-corrected chi connectivity index (χ3v) is 6.39. The standard InChI is InChI=1S/C22H15F4N3O4S/c1-29-11-19(20(27-29)22(24,25)26)34(32,33)28-18-9-7-14(13-4-2-3-5-15(13)18)16-10-12(21(30)31)6-8-17(16)23/h2-11,28H,1H3,(H,30,31). The lowest BCUT2D eigenvalue weighted by Crippen LogP contribution is -2.18. The molecule has 0 aliphatic carbocycles. The molecule has 176 valence electrons. The lowest BCUT2D eigenvalue weighted by Gasteiger charge is -2.15. The van der Waals surface area contributed by atoms with Crippen molar-refractivity contribution >= 4 is 32.5 Å². The highest BCUT2D eigenvalue weighted by atomic mass is 32.2. The maximum Gasteiger partial charge on any atom is 0.436 e. The minimum Gasteiger partial charge on any atom is -0.478 e. The largest absolute Gasteiger partial charge is 0.478 e. The summed E-state index contributed by atoms with van der Waals surface area (Å²) >= 11 is 0.